The Bertz CT molecular complexity index is 877. The summed E-state index contributed by atoms with van der Waals surface area (Å²) in [5.41, 5.74) is 2.37. The van der Waals surface area contributed by atoms with E-state index in [1.807, 2.05) is 18.2 Å². The standard InChI is InChI=1S/C21H21NO6/c1-2-17(20(24)25)22-19(23)12-27-15-9-7-13(8-10-15)18-11-14-5-3-4-6-16(14)21(26)28-18/h3-10,17-18H,2,11-12H2,1H3,(H,22,23)(H,24,25)/t17-,18-/m1/s1. The highest BCUT2D eigenvalue weighted by atomic mass is 16.5. The number of fused-ring (bicyclic) bond motifs is 1. The molecule has 0 saturated carbocycles. The van der Waals surface area contributed by atoms with E-state index in [0.29, 0.717) is 24.2 Å². The number of esters is 1. The molecule has 0 fully saturated rings. The molecule has 0 bridgehead atoms. The summed E-state index contributed by atoms with van der Waals surface area (Å²) in [5, 5.41) is 11.3. The molecule has 0 spiro atoms. The first-order valence-electron chi connectivity index (χ1n) is 9.01. The number of ether oxygens (including phenoxy) is 2. The molecule has 0 aromatic heterocycles. The number of nitrogens with one attached hydrogen (secondary N) is 1. The van der Waals surface area contributed by atoms with Crippen LogP contribution in [0.5, 0.6) is 5.75 Å². The molecule has 0 radical (unpaired) electrons. The first-order valence-corrected chi connectivity index (χ1v) is 9.01. The quantitative estimate of drug-likeness (QED) is 0.713. The van der Waals surface area contributed by atoms with Gasteiger partial charge in [-0.2, -0.15) is 0 Å². The summed E-state index contributed by atoms with van der Waals surface area (Å²) in [6, 6.07) is 13.4. The Morgan fingerprint density at radius 1 is 1.21 bits per heavy atom. The number of cyclic esters (lactones) is 1. The first-order chi connectivity index (χ1) is 13.5. The van der Waals surface area contributed by atoms with Crippen LogP contribution in [0.15, 0.2) is 48.5 Å². The Kier molecular flexibility index (Phi) is 5.93. The summed E-state index contributed by atoms with van der Waals surface area (Å²) in [6.07, 6.45) is 0.512. The van der Waals surface area contributed by atoms with Crippen molar-refractivity contribution in [1.29, 1.82) is 0 Å². The molecule has 7 heteroatoms. The van der Waals surface area contributed by atoms with Gasteiger partial charge in [-0.05, 0) is 35.7 Å². The zero-order valence-corrected chi connectivity index (χ0v) is 15.4. The molecule has 3 rings (SSSR count). The van der Waals surface area contributed by atoms with E-state index in [9.17, 15) is 14.4 Å². The van der Waals surface area contributed by atoms with Gasteiger partial charge < -0.3 is 19.9 Å². The van der Waals surface area contributed by atoms with Crippen LogP contribution in [-0.2, 0) is 20.7 Å². The maximum absolute atomic E-state index is 12.1. The van der Waals surface area contributed by atoms with Gasteiger partial charge in [-0.1, -0.05) is 37.3 Å². The molecule has 1 heterocycles. The number of benzene rings is 2. The van der Waals surface area contributed by atoms with Crippen LogP contribution in [0.25, 0.3) is 0 Å². The summed E-state index contributed by atoms with van der Waals surface area (Å²) in [7, 11) is 0. The average Bonchev–Trinajstić information content (AvgIpc) is 2.70. The van der Waals surface area contributed by atoms with Crippen LogP contribution in [0, 0.1) is 0 Å². The normalized spacial score (nSPS) is 16.5. The average molecular weight is 383 g/mol. The van der Waals surface area contributed by atoms with Crippen LogP contribution in [0.2, 0.25) is 0 Å². The molecular weight excluding hydrogens is 362 g/mol. The first kappa shape index (κ1) is 19.4. The highest BCUT2D eigenvalue weighted by Gasteiger charge is 2.27. The van der Waals surface area contributed by atoms with Crippen LogP contribution in [0.1, 0.15) is 40.9 Å². The smallest absolute Gasteiger partial charge is 0.339 e. The van der Waals surface area contributed by atoms with Gasteiger partial charge in [0.2, 0.25) is 0 Å². The van der Waals surface area contributed by atoms with Crippen LogP contribution in [0.4, 0.5) is 0 Å². The second kappa shape index (κ2) is 8.56. The fourth-order valence-electron chi connectivity index (χ4n) is 3.02. The van der Waals surface area contributed by atoms with Gasteiger partial charge in [-0.25, -0.2) is 9.59 Å². The van der Waals surface area contributed by atoms with E-state index in [-0.39, 0.29) is 18.7 Å². The molecule has 1 aliphatic heterocycles. The summed E-state index contributed by atoms with van der Waals surface area (Å²) in [5.74, 6) is -1.46. The number of rotatable bonds is 7. The zero-order valence-electron chi connectivity index (χ0n) is 15.4. The Morgan fingerprint density at radius 3 is 2.61 bits per heavy atom. The molecule has 0 saturated heterocycles. The van der Waals surface area contributed by atoms with Gasteiger partial charge in [0.25, 0.3) is 5.91 Å². The van der Waals surface area contributed by atoms with Crippen molar-refractivity contribution in [2.24, 2.45) is 0 Å². The molecular formula is C21H21NO6. The highest BCUT2D eigenvalue weighted by molar-refractivity contribution is 5.92. The van der Waals surface area contributed by atoms with Gasteiger partial charge in [-0.15, -0.1) is 0 Å². The van der Waals surface area contributed by atoms with Crippen molar-refractivity contribution in [2.45, 2.75) is 31.9 Å². The van der Waals surface area contributed by atoms with E-state index in [1.54, 1.807) is 37.3 Å². The van der Waals surface area contributed by atoms with Gasteiger partial charge >= 0.3 is 11.9 Å². The number of carbonyl (C=O) groups is 3. The van der Waals surface area contributed by atoms with Crippen molar-refractivity contribution < 1.29 is 29.0 Å². The van der Waals surface area contributed by atoms with E-state index in [1.165, 1.54) is 0 Å². The third kappa shape index (κ3) is 4.49. The van der Waals surface area contributed by atoms with E-state index >= 15 is 0 Å². The molecule has 7 nitrogen and oxygen atoms in total. The van der Waals surface area contributed by atoms with Crippen LogP contribution in [-0.4, -0.2) is 35.6 Å². The Hall–Kier alpha value is -3.35. The van der Waals surface area contributed by atoms with E-state index in [2.05, 4.69) is 5.32 Å². The molecule has 2 atom stereocenters. The zero-order chi connectivity index (χ0) is 20.1. The molecule has 0 aliphatic carbocycles. The minimum absolute atomic E-state index is 0.283. The van der Waals surface area contributed by atoms with Crippen molar-refractivity contribution in [1.82, 2.24) is 5.32 Å². The molecule has 2 N–H and O–H groups in total. The van der Waals surface area contributed by atoms with E-state index in [4.69, 9.17) is 14.6 Å². The molecule has 2 aromatic carbocycles. The fourth-order valence-corrected chi connectivity index (χ4v) is 3.02. The summed E-state index contributed by atoms with van der Waals surface area (Å²) in [6.45, 7) is 1.39. The predicted octanol–water partition coefficient (Wildman–Crippen LogP) is 2.50. The fraction of sp³-hybridized carbons (Fsp3) is 0.286. The summed E-state index contributed by atoms with van der Waals surface area (Å²) < 4.78 is 10.9. The van der Waals surface area contributed by atoms with Gasteiger partial charge in [0.15, 0.2) is 6.61 Å². The number of carboxylic acids is 1. The lowest BCUT2D eigenvalue weighted by Crippen LogP contribution is -2.42. The lowest BCUT2D eigenvalue weighted by molar-refractivity contribution is -0.142. The van der Waals surface area contributed by atoms with Gasteiger partial charge in [0.05, 0.1) is 5.56 Å². The Labute approximate surface area is 162 Å². The molecule has 28 heavy (non-hydrogen) atoms. The van der Waals surface area contributed by atoms with Gasteiger partial charge in [0.1, 0.15) is 17.9 Å². The number of amides is 1. The number of hydrogen-bond donors (Lipinski definition) is 2. The minimum atomic E-state index is -1.08. The largest absolute Gasteiger partial charge is 0.484 e. The number of aliphatic carboxylic acids is 1. The Balaban J connectivity index is 1.58. The minimum Gasteiger partial charge on any atom is -0.484 e. The van der Waals surface area contributed by atoms with Crippen molar-refractivity contribution in [3.63, 3.8) is 0 Å². The topological polar surface area (TPSA) is 102 Å². The van der Waals surface area contributed by atoms with Crippen molar-refractivity contribution >= 4 is 17.8 Å². The number of carboxylic acid groups (broad SMARTS) is 1. The van der Waals surface area contributed by atoms with E-state index in [0.717, 1.165) is 11.1 Å². The lowest BCUT2D eigenvalue weighted by atomic mass is 9.95. The maximum Gasteiger partial charge on any atom is 0.339 e. The van der Waals surface area contributed by atoms with Crippen molar-refractivity contribution in [2.75, 3.05) is 6.61 Å². The van der Waals surface area contributed by atoms with Gasteiger partial charge in [0, 0.05) is 6.42 Å². The second-order valence-electron chi connectivity index (χ2n) is 6.48. The van der Waals surface area contributed by atoms with Crippen molar-refractivity contribution in [3.8, 4) is 5.75 Å². The second-order valence-corrected chi connectivity index (χ2v) is 6.48. The molecule has 2 aromatic rings. The van der Waals surface area contributed by atoms with Gasteiger partial charge in [-0.3, -0.25) is 4.79 Å². The molecule has 1 aliphatic rings. The number of hydrogen-bond acceptors (Lipinski definition) is 5. The molecule has 0 unspecified atom stereocenters. The third-order valence-corrected chi connectivity index (χ3v) is 4.56. The van der Waals surface area contributed by atoms with Crippen LogP contribution in [0.3, 0.4) is 0 Å². The predicted molar refractivity (Wildman–Crippen MR) is 100 cm³/mol. The molecule has 146 valence electrons. The van der Waals surface area contributed by atoms with Crippen LogP contribution >= 0.6 is 0 Å². The SMILES string of the molecule is CC[C@@H](NC(=O)COc1ccc([C@H]2Cc3ccccc3C(=O)O2)cc1)C(=O)O. The summed E-state index contributed by atoms with van der Waals surface area (Å²) >= 11 is 0. The van der Waals surface area contributed by atoms with Crippen molar-refractivity contribution in [3.05, 3.63) is 65.2 Å². The highest BCUT2D eigenvalue weighted by Crippen LogP contribution is 2.31. The molecule has 1 amide bonds. The Morgan fingerprint density at radius 2 is 1.93 bits per heavy atom. The monoisotopic (exact) mass is 383 g/mol. The van der Waals surface area contributed by atoms with Crippen LogP contribution < -0.4 is 10.1 Å². The number of carbonyl (C=O) groups excluding carboxylic acids is 2. The maximum atomic E-state index is 12.1. The van der Waals surface area contributed by atoms with E-state index < -0.39 is 17.9 Å². The lowest BCUT2D eigenvalue weighted by Gasteiger charge is -2.25. The third-order valence-electron chi connectivity index (χ3n) is 4.56. The summed E-state index contributed by atoms with van der Waals surface area (Å²) in [4.78, 5) is 34.9.